The lowest BCUT2D eigenvalue weighted by Gasteiger charge is -2.12. The van der Waals surface area contributed by atoms with Crippen molar-refractivity contribution in [1.82, 2.24) is 5.32 Å². The Bertz CT molecular complexity index is 674. The van der Waals surface area contributed by atoms with E-state index in [0.29, 0.717) is 0 Å². The summed E-state index contributed by atoms with van der Waals surface area (Å²) in [7, 11) is 0. The highest BCUT2D eigenvalue weighted by molar-refractivity contribution is 7.99. The van der Waals surface area contributed by atoms with Gasteiger partial charge in [0.2, 0.25) is 0 Å². The third kappa shape index (κ3) is 6.72. The predicted molar refractivity (Wildman–Crippen MR) is 114 cm³/mol. The van der Waals surface area contributed by atoms with E-state index in [4.69, 9.17) is 0 Å². The van der Waals surface area contributed by atoms with Crippen molar-refractivity contribution in [3.05, 3.63) is 59.7 Å². The summed E-state index contributed by atoms with van der Waals surface area (Å²) in [5, 5.41) is 3.39. The minimum absolute atomic E-state index is 0.753. The van der Waals surface area contributed by atoms with Crippen molar-refractivity contribution in [3.63, 3.8) is 0 Å². The maximum Gasteiger partial charge on any atom is 0.0165 e. The van der Waals surface area contributed by atoms with Crippen molar-refractivity contribution in [1.29, 1.82) is 0 Å². The fourth-order valence-corrected chi connectivity index (χ4v) is 3.97. The molecule has 0 bridgehead atoms. The van der Waals surface area contributed by atoms with Crippen LogP contribution in [0.15, 0.2) is 59.0 Å². The van der Waals surface area contributed by atoms with Crippen molar-refractivity contribution < 1.29 is 0 Å². The van der Waals surface area contributed by atoms with Crippen LogP contribution in [0.4, 0.5) is 0 Å². The molecule has 0 atom stereocenters. The van der Waals surface area contributed by atoms with Crippen LogP contribution in [-0.4, -0.2) is 18.8 Å². The smallest absolute Gasteiger partial charge is 0.0165 e. The van der Waals surface area contributed by atoms with Crippen molar-refractivity contribution in [2.75, 3.05) is 18.8 Å². The lowest BCUT2D eigenvalue weighted by atomic mass is 10.0. The van der Waals surface area contributed by atoms with Gasteiger partial charge in [0.25, 0.3) is 0 Å². The van der Waals surface area contributed by atoms with Gasteiger partial charge < -0.3 is 5.32 Å². The summed E-state index contributed by atoms with van der Waals surface area (Å²) in [5.74, 6) is 1.93. The topological polar surface area (TPSA) is 12.0 Å². The van der Waals surface area contributed by atoms with Gasteiger partial charge in [-0.1, -0.05) is 68.8 Å². The first-order chi connectivity index (χ1) is 12.1. The highest BCUT2D eigenvalue weighted by atomic mass is 32.2. The van der Waals surface area contributed by atoms with Crippen molar-refractivity contribution in [2.45, 2.75) is 39.0 Å². The average Bonchev–Trinajstić information content (AvgIpc) is 2.61. The summed E-state index contributed by atoms with van der Waals surface area (Å²) < 4.78 is 0. The van der Waals surface area contributed by atoms with Crippen LogP contribution in [0.3, 0.4) is 0 Å². The lowest BCUT2D eigenvalue weighted by Crippen LogP contribution is -2.14. The van der Waals surface area contributed by atoms with Gasteiger partial charge in [0.1, 0.15) is 0 Å². The molecule has 2 aromatic carbocycles. The number of hydrogen-bond donors (Lipinski definition) is 1. The highest BCUT2D eigenvalue weighted by Crippen LogP contribution is 2.33. The fourth-order valence-electron chi connectivity index (χ4n) is 2.67. The minimum atomic E-state index is 0.753. The first-order valence-corrected chi connectivity index (χ1v) is 10.3. The van der Waals surface area contributed by atoms with Gasteiger partial charge in [-0.05, 0) is 60.4 Å². The van der Waals surface area contributed by atoms with Gasteiger partial charge in [0.15, 0.2) is 0 Å². The number of thioether (sulfide) groups is 1. The Morgan fingerprint density at radius 2 is 1.88 bits per heavy atom. The van der Waals surface area contributed by atoms with Crippen molar-refractivity contribution >= 4 is 17.8 Å². The predicted octanol–water partition coefficient (Wildman–Crippen LogP) is 6.50. The quantitative estimate of drug-likeness (QED) is 0.516. The van der Waals surface area contributed by atoms with Crippen LogP contribution in [0.1, 0.15) is 39.7 Å². The summed E-state index contributed by atoms with van der Waals surface area (Å²) in [6, 6.07) is 17.6. The zero-order chi connectivity index (χ0) is 18.1. The van der Waals surface area contributed by atoms with Crippen LogP contribution in [0.25, 0.3) is 17.2 Å². The summed E-state index contributed by atoms with van der Waals surface area (Å²) in [6.07, 6.45) is 3.54. The van der Waals surface area contributed by atoms with E-state index < -0.39 is 0 Å². The molecule has 2 heteroatoms. The van der Waals surface area contributed by atoms with Crippen LogP contribution in [0.5, 0.6) is 0 Å². The maximum atomic E-state index is 3.39. The van der Waals surface area contributed by atoms with E-state index in [1.807, 2.05) is 11.8 Å². The summed E-state index contributed by atoms with van der Waals surface area (Å²) in [6.45, 7) is 10.9. The van der Waals surface area contributed by atoms with Crippen molar-refractivity contribution in [3.8, 4) is 11.1 Å². The number of nitrogens with one attached hydrogen (secondary N) is 1. The van der Waals surface area contributed by atoms with Crippen LogP contribution >= 0.6 is 11.8 Å². The number of likely N-dealkylation sites (N-methyl/N-ethyl adjacent to an activating group) is 1. The molecule has 1 N–H and O–H groups in total. The third-order valence-corrected chi connectivity index (χ3v) is 5.21. The van der Waals surface area contributed by atoms with Gasteiger partial charge in [-0.15, -0.1) is 11.8 Å². The van der Waals surface area contributed by atoms with Gasteiger partial charge in [-0.2, -0.15) is 0 Å². The Morgan fingerprint density at radius 1 is 1.12 bits per heavy atom. The fraction of sp³-hybridized carbons (Fsp3) is 0.391. The Labute approximate surface area is 157 Å². The second-order valence-electron chi connectivity index (χ2n) is 6.92. The standard InChI is InChI=1S/C23H31NS/c1-5-24-17-19(4)15-20-11-12-23(25-14-13-18(2)3)22(16-20)21-9-7-6-8-10-21/h6-12,15-16,18,24H,5,13-14,17H2,1-4H3. The molecular weight excluding hydrogens is 322 g/mol. The van der Waals surface area contributed by atoms with E-state index in [1.54, 1.807) is 0 Å². The van der Waals surface area contributed by atoms with Crippen LogP contribution < -0.4 is 5.32 Å². The zero-order valence-corrected chi connectivity index (χ0v) is 16.8. The largest absolute Gasteiger partial charge is 0.313 e. The summed E-state index contributed by atoms with van der Waals surface area (Å²) in [5.41, 5.74) is 5.29. The molecule has 2 aromatic rings. The number of hydrogen-bond acceptors (Lipinski definition) is 2. The van der Waals surface area contributed by atoms with Crippen molar-refractivity contribution in [2.24, 2.45) is 5.92 Å². The highest BCUT2D eigenvalue weighted by Gasteiger charge is 2.07. The SMILES string of the molecule is CCNCC(C)=Cc1ccc(SCCC(C)C)c(-c2ccccc2)c1. The molecule has 25 heavy (non-hydrogen) atoms. The average molecular weight is 354 g/mol. The monoisotopic (exact) mass is 353 g/mol. The second-order valence-corrected chi connectivity index (χ2v) is 8.06. The maximum absolute atomic E-state index is 3.39. The zero-order valence-electron chi connectivity index (χ0n) is 16.0. The summed E-state index contributed by atoms with van der Waals surface area (Å²) in [4.78, 5) is 1.38. The molecule has 0 radical (unpaired) electrons. The number of benzene rings is 2. The molecule has 0 aliphatic rings. The van der Waals surface area contributed by atoms with Gasteiger partial charge in [-0.25, -0.2) is 0 Å². The molecule has 0 heterocycles. The van der Waals surface area contributed by atoms with Gasteiger partial charge in [0, 0.05) is 11.4 Å². The van der Waals surface area contributed by atoms with E-state index in [0.717, 1.165) is 19.0 Å². The first-order valence-electron chi connectivity index (χ1n) is 9.30. The molecule has 1 nitrogen and oxygen atoms in total. The molecule has 0 saturated carbocycles. The van der Waals surface area contributed by atoms with E-state index in [-0.39, 0.29) is 0 Å². The molecular formula is C23H31NS. The van der Waals surface area contributed by atoms with E-state index in [9.17, 15) is 0 Å². The molecule has 0 aliphatic heterocycles. The normalized spacial score (nSPS) is 12.0. The number of rotatable bonds is 9. The molecule has 0 aliphatic carbocycles. The molecule has 2 rings (SSSR count). The van der Waals surface area contributed by atoms with Crippen LogP contribution in [0, 0.1) is 5.92 Å². The van der Waals surface area contributed by atoms with Gasteiger partial charge in [0.05, 0.1) is 0 Å². The van der Waals surface area contributed by atoms with Crippen LogP contribution in [0.2, 0.25) is 0 Å². The van der Waals surface area contributed by atoms with Crippen LogP contribution in [-0.2, 0) is 0 Å². The molecule has 0 saturated heterocycles. The van der Waals surface area contributed by atoms with E-state index >= 15 is 0 Å². The minimum Gasteiger partial charge on any atom is -0.313 e. The van der Waals surface area contributed by atoms with Gasteiger partial charge >= 0.3 is 0 Å². The Balaban J connectivity index is 2.28. The molecule has 0 aromatic heterocycles. The molecule has 0 spiro atoms. The molecule has 0 amide bonds. The third-order valence-electron chi connectivity index (χ3n) is 4.11. The van der Waals surface area contributed by atoms with E-state index in [1.165, 1.54) is 39.3 Å². The first kappa shape index (κ1) is 19.8. The molecule has 0 unspecified atom stereocenters. The Kier molecular flexibility index (Phi) is 8.30. The summed E-state index contributed by atoms with van der Waals surface area (Å²) >= 11 is 1.98. The lowest BCUT2D eigenvalue weighted by molar-refractivity contribution is 0.632. The van der Waals surface area contributed by atoms with Gasteiger partial charge in [-0.3, -0.25) is 0 Å². The molecule has 0 fully saturated rings. The molecule has 134 valence electrons. The van der Waals surface area contributed by atoms with E-state index in [2.05, 4.69) is 87.6 Å². The second kappa shape index (κ2) is 10.5. The Morgan fingerprint density at radius 3 is 2.56 bits per heavy atom. The Hall–Kier alpha value is -1.51.